The average Bonchev–Trinajstić information content (AvgIpc) is 0.750. The van der Waals surface area contributed by atoms with Crippen molar-refractivity contribution in [3.8, 4) is 112 Å². The number of carbonyl (C=O) groups excluding carboxylic acids is 2. The Morgan fingerprint density at radius 3 is 0.840 bits per heavy atom. The van der Waals surface area contributed by atoms with Gasteiger partial charge in [0.25, 0.3) is 0 Å². The highest BCUT2D eigenvalue weighted by molar-refractivity contribution is 6.14. The van der Waals surface area contributed by atoms with Crippen molar-refractivity contribution < 1.29 is 9.59 Å². The lowest BCUT2D eigenvalue weighted by Gasteiger charge is -2.34. The Hall–Kier alpha value is -11.7. The van der Waals surface area contributed by atoms with Gasteiger partial charge in [0.05, 0.1) is 22.8 Å². The van der Waals surface area contributed by atoms with E-state index in [4.69, 9.17) is 9.97 Å². The summed E-state index contributed by atoms with van der Waals surface area (Å²) in [5.74, 6) is 0.216. The van der Waals surface area contributed by atoms with Gasteiger partial charge in [-0.15, -0.1) is 0 Å². The van der Waals surface area contributed by atoms with Crippen LogP contribution in [0.2, 0.25) is 0 Å². The molecule has 448 valence electrons. The van der Waals surface area contributed by atoms with Gasteiger partial charge in [-0.05, 0) is 131 Å². The molecule has 0 amide bonds. The topological polar surface area (TPSA) is 59.9 Å². The maximum Gasteiger partial charge on any atom is 0.193 e. The highest BCUT2D eigenvalue weighted by Gasteiger charge is 2.38. The first-order valence-electron chi connectivity index (χ1n) is 32.2. The highest BCUT2D eigenvalue weighted by atomic mass is 16.1. The lowest BCUT2D eigenvalue weighted by Crippen LogP contribution is -2.30. The molecule has 4 heteroatoms. The summed E-state index contributed by atoms with van der Waals surface area (Å²) in [5, 5.41) is 0. The zero-order valence-electron chi connectivity index (χ0n) is 52.9. The molecule has 0 radical (unpaired) electrons. The van der Waals surface area contributed by atoms with Crippen molar-refractivity contribution >= 4 is 11.6 Å². The van der Waals surface area contributed by atoms with Crippen LogP contribution in [0.1, 0.15) is 81.8 Å². The number of aromatic nitrogens is 2. The van der Waals surface area contributed by atoms with E-state index < -0.39 is 0 Å². The summed E-state index contributed by atoms with van der Waals surface area (Å²) in [4.78, 5) is 36.9. The number of benzene rings is 12. The third kappa shape index (κ3) is 11.1. The minimum absolute atomic E-state index is 0.107. The van der Waals surface area contributed by atoms with E-state index in [0.29, 0.717) is 0 Å². The molecule has 2 aromatic heterocycles. The van der Waals surface area contributed by atoms with Gasteiger partial charge in [-0.25, -0.2) is 9.97 Å². The van der Waals surface area contributed by atoms with Gasteiger partial charge in [-0.1, -0.05) is 313 Å². The molecule has 16 rings (SSSR count). The molecule has 2 heterocycles. The van der Waals surface area contributed by atoms with Gasteiger partial charge in [-0.2, -0.15) is 0 Å². The molecule has 4 nitrogen and oxygen atoms in total. The summed E-state index contributed by atoms with van der Waals surface area (Å²) in [5.41, 5.74) is 28.8. The third-order valence-electron chi connectivity index (χ3n) is 19.0. The fourth-order valence-corrected chi connectivity index (χ4v) is 13.9. The van der Waals surface area contributed by atoms with Gasteiger partial charge in [-0.3, -0.25) is 9.59 Å². The first-order valence-corrected chi connectivity index (χ1v) is 32.2. The van der Waals surface area contributed by atoms with Crippen LogP contribution in [0.5, 0.6) is 0 Å². The Morgan fingerprint density at radius 2 is 0.457 bits per heavy atom. The summed E-state index contributed by atoms with van der Waals surface area (Å²) in [6.45, 7) is 8.86. The predicted octanol–water partition coefficient (Wildman–Crippen LogP) is 22.6. The van der Waals surface area contributed by atoms with Gasteiger partial charge in [0.1, 0.15) is 0 Å². The van der Waals surface area contributed by atoms with E-state index in [1.807, 2.05) is 72.8 Å². The van der Waals surface area contributed by atoms with Crippen LogP contribution >= 0.6 is 0 Å². The summed E-state index contributed by atoms with van der Waals surface area (Å²) in [6, 6.07) is 114. The molecular formula is C90H66N2O2. The number of carbonyl (C=O) groups is 2. The molecular weight excluding hydrogens is 1140 g/mol. The van der Waals surface area contributed by atoms with Crippen LogP contribution in [0, 0.1) is 0 Å². The second kappa shape index (κ2) is 24.5. The highest BCUT2D eigenvalue weighted by Crippen LogP contribution is 2.46. The number of hydrogen-bond acceptors (Lipinski definition) is 4. The number of hydrogen-bond donors (Lipinski definition) is 0. The zero-order chi connectivity index (χ0) is 63.9. The number of ketones is 2. The molecule has 0 N–H and O–H groups in total. The van der Waals surface area contributed by atoms with E-state index in [-0.39, 0.29) is 22.4 Å². The lowest BCUT2D eigenvalue weighted by atomic mass is 9.68. The Bertz CT molecular complexity index is 5070. The van der Waals surface area contributed by atoms with Crippen LogP contribution in [0.25, 0.3) is 112 Å². The van der Waals surface area contributed by atoms with Crippen molar-refractivity contribution in [2.45, 2.75) is 38.5 Å². The first-order chi connectivity index (χ1) is 45.9. The molecule has 0 fully saturated rings. The van der Waals surface area contributed by atoms with Crippen molar-refractivity contribution in [3.63, 3.8) is 0 Å². The van der Waals surface area contributed by atoms with Gasteiger partial charge < -0.3 is 0 Å². The molecule has 0 unspecified atom stereocenters. The zero-order valence-corrected chi connectivity index (χ0v) is 52.9. The van der Waals surface area contributed by atoms with Crippen LogP contribution in [0.4, 0.5) is 0 Å². The molecule has 2 aliphatic carbocycles. The van der Waals surface area contributed by atoms with Gasteiger partial charge in [0.2, 0.25) is 0 Å². The van der Waals surface area contributed by atoms with Crippen molar-refractivity contribution in [1.29, 1.82) is 0 Å². The summed E-state index contributed by atoms with van der Waals surface area (Å²) >= 11 is 0. The van der Waals surface area contributed by atoms with E-state index in [1.165, 1.54) is 0 Å². The second-order valence-corrected chi connectivity index (χ2v) is 25.5. The number of nitrogens with zero attached hydrogens (tertiary/aromatic N) is 2. The quantitative estimate of drug-likeness (QED) is 0.137. The second-order valence-electron chi connectivity index (χ2n) is 25.5. The molecule has 0 aliphatic heterocycles. The molecule has 12 aromatic carbocycles. The Morgan fingerprint density at radius 1 is 0.191 bits per heavy atom. The van der Waals surface area contributed by atoms with E-state index in [2.05, 4.69) is 282 Å². The smallest absolute Gasteiger partial charge is 0.193 e. The Balaban J connectivity index is 0.000000155. The standard InChI is InChI=1S/2C45H33NO/c1-45(2)40-20-12-11-19-38(40)44(47)39-26-25-34(27-41(39)45)30-21-23-31(24-22-30)36-17-9-10-18-37(36)35-28-42(32-13-5-3-6-14-32)46-43(29-35)33-15-7-4-8-16-33;1-45(2)40-19-10-9-18-38(40)44(47)39-25-24-36(27-41(39)45)31-22-20-30(21-23-31)34-16-11-17-35(26-34)37-28-42(32-12-5-3-6-13-32)46-43(29-37)33-14-7-4-8-15-33/h2*3-29H,1-2H3. The Kier molecular flexibility index (Phi) is 15.3. The van der Waals surface area contributed by atoms with Gasteiger partial charge in [0.15, 0.2) is 11.6 Å². The van der Waals surface area contributed by atoms with Gasteiger partial charge in [0, 0.05) is 55.3 Å². The van der Waals surface area contributed by atoms with Crippen LogP contribution in [-0.2, 0) is 10.8 Å². The number of rotatable bonds is 10. The van der Waals surface area contributed by atoms with Gasteiger partial charge >= 0.3 is 0 Å². The largest absolute Gasteiger partial charge is 0.289 e. The molecule has 94 heavy (non-hydrogen) atoms. The maximum absolute atomic E-state index is 13.4. The molecule has 2 aliphatic rings. The molecule has 0 saturated heterocycles. The van der Waals surface area contributed by atoms with E-state index in [9.17, 15) is 9.59 Å². The summed E-state index contributed by atoms with van der Waals surface area (Å²) in [6.07, 6.45) is 0. The summed E-state index contributed by atoms with van der Waals surface area (Å²) < 4.78 is 0. The molecule has 0 bridgehead atoms. The minimum atomic E-state index is -0.267. The van der Waals surface area contributed by atoms with Crippen molar-refractivity contribution in [1.82, 2.24) is 9.97 Å². The van der Waals surface area contributed by atoms with E-state index in [1.54, 1.807) is 0 Å². The number of fused-ring (bicyclic) bond motifs is 4. The average molecular weight is 1210 g/mol. The SMILES string of the molecule is CC1(C)c2ccccc2C(=O)c2ccc(-c3ccc(-c4cccc(-c5cc(-c6ccccc6)nc(-c6ccccc6)c5)c4)cc3)cc21.CC1(C)c2ccccc2C(=O)c2ccc(-c3ccc(-c4ccccc4-c4cc(-c5ccccc5)nc(-c5ccccc5)c4)cc3)cc21. The normalized spacial score (nSPS) is 13.1. The Labute approximate surface area is 550 Å². The molecule has 0 atom stereocenters. The summed E-state index contributed by atoms with van der Waals surface area (Å²) in [7, 11) is 0. The predicted molar refractivity (Wildman–Crippen MR) is 387 cm³/mol. The fourth-order valence-electron chi connectivity index (χ4n) is 13.9. The van der Waals surface area contributed by atoms with Crippen LogP contribution in [0.15, 0.2) is 328 Å². The number of pyridine rings is 2. The van der Waals surface area contributed by atoms with Crippen LogP contribution in [0.3, 0.4) is 0 Å². The van der Waals surface area contributed by atoms with Crippen LogP contribution in [-0.4, -0.2) is 21.5 Å². The minimum Gasteiger partial charge on any atom is -0.289 e. The molecule has 0 spiro atoms. The monoisotopic (exact) mass is 1210 g/mol. The van der Waals surface area contributed by atoms with E-state index in [0.717, 1.165) is 156 Å². The third-order valence-corrected chi connectivity index (χ3v) is 19.0. The first kappa shape index (κ1) is 58.6. The fraction of sp³-hybridized carbons (Fsp3) is 0.0667. The molecule has 14 aromatic rings. The molecule has 0 saturated carbocycles. The van der Waals surface area contributed by atoms with E-state index >= 15 is 0 Å². The van der Waals surface area contributed by atoms with Crippen molar-refractivity contribution in [2.24, 2.45) is 0 Å². The van der Waals surface area contributed by atoms with Crippen LogP contribution < -0.4 is 0 Å². The lowest BCUT2D eigenvalue weighted by molar-refractivity contribution is 0.102. The van der Waals surface area contributed by atoms with Crippen molar-refractivity contribution in [2.75, 3.05) is 0 Å². The maximum atomic E-state index is 13.4. The van der Waals surface area contributed by atoms with Crippen molar-refractivity contribution in [3.05, 3.63) is 372 Å².